The third kappa shape index (κ3) is 4.67. The second-order valence-corrected chi connectivity index (χ2v) is 4.11. The Morgan fingerprint density at radius 3 is 2.63 bits per heavy atom. The molecular weight excluding hydrogens is 262 g/mol. The van der Waals surface area contributed by atoms with Gasteiger partial charge in [0.05, 0.1) is 0 Å². The van der Waals surface area contributed by atoms with Gasteiger partial charge in [0.25, 0.3) is 0 Å². The molecule has 0 aromatic heterocycles. The maximum atomic E-state index is 10.4. The fourth-order valence-electron chi connectivity index (χ4n) is 1.70. The number of thiocarbonyl (C=S) groups is 1. The summed E-state index contributed by atoms with van der Waals surface area (Å²) in [6, 6.07) is 7.78. The molecule has 0 saturated heterocycles. The van der Waals surface area contributed by atoms with Crippen molar-refractivity contribution in [3.8, 4) is 0 Å². The summed E-state index contributed by atoms with van der Waals surface area (Å²) in [5.74, 6) is 0. The lowest BCUT2D eigenvalue weighted by Crippen LogP contribution is -2.26. The van der Waals surface area contributed by atoms with Crippen molar-refractivity contribution in [3.63, 3.8) is 0 Å². The number of anilines is 1. The van der Waals surface area contributed by atoms with Crippen LogP contribution in [0.4, 0.5) is 10.5 Å². The summed E-state index contributed by atoms with van der Waals surface area (Å²) in [6.07, 6.45) is 0.366. The Bertz CT molecular complexity index is 485. The Hall–Kier alpha value is -1.95. The number of carboxylic acid groups (broad SMARTS) is 1. The molecule has 1 aromatic carbocycles. The number of nitrogens with zero attached hydrogens (tertiary/aromatic N) is 2. The molecule has 102 valence electrons. The maximum Gasteiger partial charge on any atom is 0.410 e. The molecule has 0 aliphatic heterocycles. The number of nitrogens with one attached hydrogen (secondary N) is 1. The predicted molar refractivity (Wildman–Crippen MR) is 81.4 cm³/mol. The van der Waals surface area contributed by atoms with Gasteiger partial charge >= 0.3 is 6.09 Å². The molecule has 5 nitrogen and oxygen atoms in total. The maximum absolute atomic E-state index is 10.4. The minimum atomic E-state index is -1.21. The average Bonchev–Trinajstić information content (AvgIpc) is 2.38. The van der Waals surface area contributed by atoms with Gasteiger partial charge in [0, 0.05) is 30.6 Å². The summed E-state index contributed by atoms with van der Waals surface area (Å²) in [5, 5.41) is 10.5. The third-order valence-electron chi connectivity index (χ3n) is 2.58. The quantitative estimate of drug-likeness (QED) is 0.656. The van der Waals surface area contributed by atoms with Crippen LogP contribution in [-0.2, 0) is 0 Å². The topological polar surface area (TPSA) is 64.9 Å². The monoisotopic (exact) mass is 279 g/mol. The number of hydrogen-bond acceptors (Lipinski definition) is 3. The number of carbonyl (C=O) groups is 1. The molecule has 1 aromatic rings. The van der Waals surface area contributed by atoms with Crippen molar-refractivity contribution in [2.24, 2.45) is 4.99 Å². The molecule has 1 amide bonds. The smallest absolute Gasteiger partial charge is 0.410 e. The summed E-state index contributed by atoms with van der Waals surface area (Å²) in [7, 11) is 0. The average molecular weight is 279 g/mol. The third-order valence-corrected chi connectivity index (χ3v) is 2.78. The van der Waals surface area contributed by atoms with E-state index in [1.165, 1.54) is 0 Å². The van der Waals surface area contributed by atoms with Gasteiger partial charge in [-0.3, -0.25) is 5.32 Å². The molecule has 0 fully saturated rings. The number of benzene rings is 1. The van der Waals surface area contributed by atoms with Gasteiger partial charge in [-0.15, -0.1) is 0 Å². The van der Waals surface area contributed by atoms with E-state index >= 15 is 0 Å². The van der Waals surface area contributed by atoms with Gasteiger partial charge in [0.1, 0.15) is 0 Å². The van der Waals surface area contributed by atoms with Crippen LogP contribution in [0.1, 0.15) is 19.4 Å². The van der Waals surface area contributed by atoms with Crippen LogP contribution in [-0.4, -0.2) is 35.6 Å². The number of amides is 1. The number of aliphatic imine (C=N–C) groups is 1. The summed E-state index contributed by atoms with van der Waals surface area (Å²) in [5.41, 5.74) is 1.95. The van der Waals surface area contributed by atoms with E-state index in [0.29, 0.717) is 0 Å². The molecule has 0 aliphatic rings. The SMILES string of the molecule is CCN(CC)c1ccccc1C=NC(=S)NC(=O)O. The minimum absolute atomic E-state index is 0.0677. The van der Waals surface area contributed by atoms with Crippen LogP contribution in [0.25, 0.3) is 0 Å². The van der Waals surface area contributed by atoms with Crippen molar-refractivity contribution in [2.75, 3.05) is 18.0 Å². The highest BCUT2D eigenvalue weighted by Gasteiger charge is 2.06. The molecule has 2 N–H and O–H groups in total. The van der Waals surface area contributed by atoms with Crippen molar-refractivity contribution in [3.05, 3.63) is 29.8 Å². The molecule has 0 spiro atoms. The molecule has 0 radical (unpaired) electrons. The van der Waals surface area contributed by atoms with Gasteiger partial charge in [-0.2, -0.15) is 0 Å². The molecule has 0 saturated carbocycles. The van der Waals surface area contributed by atoms with Gasteiger partial charge in [-0.1, -0.05) is 18.2 Å². The molecule has 0 atom stereocenters. The highest BCUT2D eigenvalue weighted by molar-refractivity contribution is 7.80. The first kappa shape index (κ1) is 15.1. The fraction of sp³-hybridized carbons (Fsp3) is 0.308. The van der Waals surface area contributed by atoms with E-state index in [-0.39, 0.29) is 5.11 Å². The normalized spacial score (nSPS) is 10.4. The lowest BCUT2D eigenvalue weighted by molar-refractivity contribution is 0.200. The standard InChI is InChI=1S/C13H17N3O2S/c1-3-16(4-2)11-8-6-5-7-10(11)9-14-12(19)15-13(17)18/h5-9H,3-4H2,1-2H3,(H,15,19)(H,17,18). The van der Waals surface area contributed by atoms with Crippen LogP contribution in [0.3, 0.4) is 0 Å². The Balaban J connectivity index is 2.92. The lowest BCUT2D eigenvalue weighted by Gasteiger charge is -2.22. The van der Waals surface area contributed by atoms with Crippen LogP contribution >= 0.6 is 12.2 Å². The van der Waals surface area contributed by atoms with Gasteiger partial charge in [-0.05, 0) is 32.1 Å². The highest BCUT2D eigenvalue weighted by Crippen LogP contribution is 2.18. The molecular formula is C13H17N3O2S. The molecule has 0 heterocycles. The lowest BCUT2D eigenvalue weighted by atomic mass is 10.1. The molecule has 0 unspecified atom stereocenters. The van der Waals surface area contributed by atoms with Gasteiger partial charge < -0.3 is 10.0 Å². The fourth-order valence-corrected chi connectivity index (χ4v) is 1.84. The van der Waals surface area contributed by atoms with E-state index in [9.17, 15) is 4.79 Å². The zero-order valence-electron chi connectivity index (χ0n) is 11.0. The van der Waals surface area contributed by atoms with Crippen molar-refractivity contribution >= 4 is 35.3 Å². The van der Waals surface area contributed by atoms with Crippen molar-refractivity contribution in [1.29, 1.82) is 0 Å². The number of hydrogen-bond donors (Lipinski definition) is 2. The minimum Gasteiger partial charge on any atom is -0.465 e. The van der Waals surface area contributed by atoms with E-state index < -0.39 is 6.09 Å². The van der Waals surface area contributed by atoms with Crippen LogP contribution in [0.5, 0.6) is 0 Å². The second kappa shape index (κ2) is 7.48. The van der Waals surface area contributed by atoms with Crippen molar-refractivity contribution in [1.82, 2.24) is 5.32 Å². The molecule has 19 heavy (non-hydrogen) atoms. The molecule has 0 aliphatic carbocycles. The van der Waals surface area contributed by atoms with E-state index in [1.807, 2.05) is 29.6 Å². The molecule has 1 rings (SSSR count). The molecule has 6 heteroatoms. The van der Waals surface area contributed by atoms with Gasteiger partial charge in [0.2, 0.25) is 5.11 Å². The van der Waals surface area contributed by atoms with E-state index in [4.69, 9.17) is 17.3 Å². The van der Waals surface area contributed by atoms with E-state index in [2.05, 4.69) is 23.7 Å². The Morgan fingerprint density at radius 2 is 2.05 bits per heavy atom. The Kier molecular flexibility index (Phi) is 5.95. The Labute approximate surface area is 118 Å². The van der Waals surface area contributed by atoms with Crippen LogP contribution in [0.15, 0.2) is 29.3 Å². The van der Waals surface area contributed by atoms with E-state index in [1.54, 1.807) is 6.21 Å². The first-order chi connectivity index (χ1) is 9.08. The summed E-state index contributed by atoms with van der Waals surface area (Å²) in [4.78, 5) is 16.5. The highest BCUT2D eigenvalue weighted by atomic mass is 32.1. The summed E-state index contributed by atoms with van der Waals surface area (Å²) >= 11 is 4.79. The molecule has 0 bridgehead atoms. The van der Waals surface area contributed by atoms with Crippen molar-refractivity contribution in [2.45, 2.75) is 13.8 Å². The van der Waals surface area contributed by atoms with Crippen LogP contribution in [0, 0.1) is 0 Å². The zero-order chi connectivity index (χ0) is 14.3. The largest absolute Gasteiger partial charge is 0.465 e. The second-order valence-electron chi connectivity index (χ2n) is 3.72. The summed E-state index contributed by atoms with van der Waals surface area (Å²) < 4.78 is 0. The van der Waals surface area contributed by atoms with Crippen LogP contribution in [0.2, 0.25) is 0 Å². The van der Waals surface area contributed by atoms with E-state index in [0.717, 1.165) is 24.3 Å². The predicted octanol–water partition coefficient (Wildman–Crippen LogP) is 2.50. The van der Waals surface area contributed by atoms with Crippen LogP contribution < -0.4 is 10.2 Å². The Morgan fingerprint density at radius 1 is 1.42 bits per heavy atom. The zero-order valence-corrected chi connectivity index (χ0v) is 11.8. The first-order valence-electron chi connectivity index (χ1n) is 6.00. The van der Waals surface area contributed by atoms with Crippen molar-refractivity contribution < 1.29 is 9.90 Å². The number of para-hydroxylation sites is 1. The first-order valence-corrected chi connectivity index (χ1v) is 6.41. The summed E-state index contributed by atoms with van der Waals surface area (Å²) in [6.45, 7) is 5.93. The van der Waals surface area contributed by atoms with Gasteiger partial charge in [-0.25, -0.2) is 9.79 Å². The van der Waals surface area contributed by atoms with Gasteiger partial charge in [0.15, 0.2) is 0 Å². The number of rotatable bonds is 4.